The summed E-state index contributed by atoms with van der Waals surface area (Å²) in [5, 5.41) is -0.0577. The van der Waals surface area contributed by atoms with Crippen molar-refractivity contribution < 1.29 is 22.7 Å². The number of carbonyl (C=O) groups is 1. The van der Waals surface area contributed by atoms with Gasteiger partial charge in [-0.15, -0.1) is 0 Å². The molecule has 0 spiro atoms. The van der Waals surface area contributed by atoms with Gasteiger partial charge < -0.3 is 9.64 Å². The Bertz CT molecular complexity index is 1040. The Labute approximate surface area is 196 Å². The lowest BCUT2D eigenvalue weighted by atomic mass is 9.65. The van der Waals surface area contributed by atoms with Crippen molar-refractivity contribution in [1.82, 2.24) is 14.9 Å². The second kappa shape index (κ2) is 8.49. The molecule has 1 aliphatic carbocycles. The molecule has 1 amide bonds. The highest BCUT2D eigenvalue weighted by atomic mass is 32.2. The summed E-state index contributed by atoms with van der Waals surface area (Å²) in [6.45, 7) is 7.38. The van der Waals surface area contributed by atoms with Crippen LogP contribution in [0.3, 0.4) is 0 Å². The average molecular weight is 480 g/mol. The molecule has 9 heteroatoms. The molecule has 2 fully saturated rings. The van der Waals surface area contributed by atoms with Gasteiger partial charge in [-0.3, -0.25) is 4.79 Å². The minimum atomic E-state index is -4.62. The second-order valence-corrected chi connectivity index (χ2v) is 11.1. The van der Waals surface area contributed by atoms with Crippen molar-refractivity contribution in [3.05, 3.63) is 36.0 Å². The third kappa shape index (κ3) is 5.28. The van der Waals surface area contributed by atoms with Crippen LogP contribution in [0.15, 0.2) is 35.5 Å². The van der Waals surface area contributed by atoms with E-state index >= 15 is 0 Å². The molecule has 2 aliphatic rings. The van der Waals surface area contributed by atoms with E-state index in [1.165, 1.54) is 7.11 Å². The maximum Gasteiger partial charge on any atom is 0.433 e. The number of nitrogens with zero attached hydrogens (tertiary/aromatic N) is 3. The van der Waals surface area contributed by atoms with Gasteiger partial charge in [0.05, 0.1) is 18.6 Å². The van der Waals surface area contributed by atoms with Gasteiger partial charge in [-0.1, -0.05) is 32.5 Å². The van der Waals surface area contributed by atoms with Crippen LogP contribution in [0.25, 0.3) is 11.3 Å². The van der Waals surface area contributed by atoms with Crippen LogP contribution in [0.5, 0.6) is 5.75 Å². The lowest BCUT2D eigenvalue weighted by molar-refractivity contribution is -0.141. The normalized spacial score (nSPS) is 24.1. The fourth-order valence-corrected chi connectivity index (χ4v) is 6.25. The van der Waals surface area contributed by atoms with Crippen molar-refractivity contribution >= 4 is 17.7 Å². The molecule has 1 saturated carbocycles. The Balaban J connectivity index is 1.53. The van der Waals surface area contributed by atoms with Crippen molar-refractivity contribution in [2.24, 2.45) is 10.8 Å². The van der Waals surface area contributed by atoms with Gasteiger partial charge in [-0.05, 0) is 60.4 Å². The summed E-state index contributed by atoms with van der Waals surface area (Å²) in [6.07, 6.45) is -1.62. The number of methoxy groups -OCH3 is 1. The first-order chi connectivity index (χ1) is 15.4. The van der Waals surface area contributed by atoms with Gasteiger partial charge >= 0.3 is 6.18 Å². The molecule has 1 aromatic heterocycles. The number of carbonyl (C=O) groups excluding carboxylic acids is 1. The van der Waals surface area contributed by atoms with Gasteiger partial charge in [0, 0.05) is 18.2 Å². The molecule has 1 aliphatic heterocycles. The van der Waals surface area contributed by atoms with Gasteiger partial charge in [-0.2, -0.15) is 13.2 Å². The monoisotopic (exact) mass is 479 g/mol. The van der Waals surface area contributed by atoms with Gasteiger partial charge in [0.2, 0.25) is 5.91 Å². The quantitative estimate of drug-likeness (QED) is 0.407. The summed E-state index contributed by atoms with van der Waals surface area (Å²) in [4.78, 5) is 23.0. The topological polar surface area (TPSA) is 55.3 Å². The minimum absolute atomic E-state index is 0.0103. The highest BCUT2D eigenvalue weighted by Crippen LogP contribution is 2.52. The molecular weight excluding hydrogens is 451 g/mol. The van der Waals surface area contributed by atoms with Crippen LogP contribution in [0, 0.1) is 10.8 Å². The zero-order chi connectivity index (χ0) is 24.0. The predicted molar refractivity (Wildman–Crippen MR) is 121 cm³/mol. The summed E-state index contributed by atoms with van der Waals surface area (Å²) in [5.41, 5.74) is -0.0794. The SMILES string of the molecule is COc1ccc(-c2cc(C(F)(F)F)nc(SCC(=O)N3CC4(C)CC3CC(C)(C)C4)n2)cc1. The van der Waals surface area contributed by atoms with E-state index in [2.05, 4.69) is 30.7 Å². The molecule has 2 aromatic rings. The molecule has 2 atom stereocenters. The summed E-state index contributed by atoms with van der Waals surface area (Å²) in [7, 11) is 1.52. The first-order valence-electron chi connectivity index (χ1n) is 10.9. The number of amides is 1. The van der Waals surface area contributed by atoms with Gasteiger partial charge in [-0.25, -0.2) is 9.97 Å². The molecular formula is C24H28F3N3O2S. The van der Waals surface area contributed by atoms with Crippen LogP contribution in [0.4, 0.5) is 13.2 Å². The van der Waals surface area contributed by atoms with Crippen molar-refractivity contribution in [3.63, 3.8) is 0 Å². The molecule has 0 N–H and O–H groups in total. The first-order valence-corrected chi connectivity index (χ1v) is 11.9. The number of likely N-dealkylation sites (tertiary alicyclic amines) is 1. The zero-order valence-corrected chi connectivity index (χ0v) is 20.0. The Hall–Kier alpha value is -2.29. The molecule has 4 rings (SSSR count). The van der Waals surface area contributed by atoms with E-state index in [1.807, 2.05) is 4.90 Å². The fraction of sp³-hybridized carbons (Fsp3) is 0.542. The van der Waals surface area contributed by atoms with Crippen LogP contribution in [0.1, 0.15) is 45.7 Å². The number of hydrogen-bond donors (Lipinski definition) is 0. The number of hydrogen-bond acceptors (Lipinski definition) is 5. The average Bonchev–Trinajstić information content (AvgIpc) is 3.00. The number of halogens is 3. The Morgan fingerprint density at radius 1 is 1.18 bits per heavy atom. The number of ether oxygens (including phenoxy) is 1. The van der Waals surface area contributed by atoms with Crippen molar-refractivity contribution in [2.75, 3.05) is 19.4 Å². The van der Waals surface area contributed by atoms with E-state index in [0.717, 1.165) is 37.1 Å². The lowest BCUT2D eigenvalue weighted by Crippen LogP contribution is -2.38. The smallest absolute Gasteiger partial charge is 0.433 e. The highest BCUT2D eigenvalue weighted by Gasteiger charge is 2.50. The maximum atomic E-state index is 13.5. The third-order valence-electron chi connectivity index (χ3n) is 6.44. The minimum Gasteiger partial charge on any atom is -0.497 e. The van der Waals surface area contributed by atoms with Crippen LogP contribution in [-0.2, 0) is 11.0 Å². The fourth-order valence-electron chi connectivity index (χ4n) is 5.51. The van der Waals surface area contributed by atoms with Gasteiger partial charge in [0.25, 0.3) is 0 Å². The number of aromatic nitrogens is 2. The van der Waals surface area contributed by atoms with Crippen LogP contribution in [0.2, 0.25) is 0 Å². The molecule has 1 aromatic carbocycles. The summed E-state index contributed by atoms with van der Waals surface area (Å²) in [5.74, 6) is 0.534. The van der Waals surface area contributed by atoms with Gasteiger partial charge in [0.1, 0.15) is 11.4 Å². The molecule has 2 heterocycles. The van der Waals surface area contributed by atoms with Crippen molar-refractivity contribution in [1.29, 1.82) is 0 Å². The Morgan fingerprint density at radius 3 is 2.52 bits per heavy atom. The highest BCUT2D eigenvalue weighted by molar-refractivity contribution is 7.99. The van der Waals surface area contributed by atoms with E-state index < -0.39 is 11.9 Å². The Morgan fingerprint density at radius 2 is 1.88 bits per heavy atom. The number of thioether (sulfide) groups is 1. The van der Waals surface area contributed by atoms with Crippen LogP contribution in [-0.4, -0.2) is 46.2 Å². The van der Waals surface area contributed by atoms with E-state index in [4.69, 9.17) is 4.74 Å². The van der Waals surface area contributed by atoms with Crippen molar-refractivity contribution in [3.8, 4) is 17.0 Å². The standard InChI is InChI=1S/C24H28F3N3O2S/c1-22(2)10-16-11-23(3,13-22)14-30(16)20(31)12-33-21-28-18(9-19(29-21)24(25,26)27)15-5-7-17(32-4)8-6-15/h5-9,16H,10-14H2,1-4H3. The molecule has 1 saturated heterocycles. The lowest BCUT2D eigenvalue weighted by Gasteiger charge is -2.39. The third-order valence-corrected chi connectivity index (χ3v) is 7.27. The summed E-state index contributed by atoms with van der Waals surface area (Å²) >= 11 is 0.957. The van der Waals surface area contributed by atoms with E-state index in [-0.39, 0.29) is 39.4 Å². The second-order valence-electron chi connectivity index (χ2n) is 10.2. The Kier molecular flexibility index (Phi) is 6.14. The molecule has 2 bridgehead atoms. The number of rotatable bonds is 5. The molecule has 0 radical (unpaired) electrons. The summed E-state index contributed by atoms with van der Waals surface area (Å²) in [6, 6.07) is 7.73. The molecule has 178 valence electrons. The molecule has 5 nitrogen and oxygen atoms in total. The van der Waals surface area contributed by atoms with E-state index in [1.54, 1.807) is 24.3 Å². The number of benzene rings is 1. The molecule has 2 unspecified atom stereocenters. The van der Waals surface area contributed by atoms with Crippen LogP contribution < -0.4 is 4.74 Å². The van der Waals surface area contributed by atoms with E-state index in [0.29, 0.717) is 17.9 Å². The summed E-state index contributed by atoms with van der Waals surface area (Å²) < 4.78 is 45.6. The predicted octanol–water partition coefficient (Wildman–Crippen LogP) is 5.69. The largest absolute Gasteiger partial charge is 0.497 e. The first kappa shape index (κ1) is 23.9. The zero-order valence-electron chi connectivity index (χ0n) is 19.2. The number of alkyl halides is 3. The van der Waals surface area contributed by atoms with Gasteiger partial charge in [0.15, 0.2) is 5.16 Å². The van der Waals surface area contributed by atoms with E-state index in [9.17, 15) is 18.0 Å². The van der Waals surface area contributed by atoms with Crippen LogP contribution >= 0.6 is 11.8 Å². The number of fused-ring (bicyclic) bond motifs is 2. The molecule has 33 heavy (non-hydrogen) atoms. The maximum absolute atomic E-state index is 13.5. The van der Waals surface area contributed by atoms with Crippen molar-refractivity contribution in [2.45, 2.75) is 57.4 Å².